The highest BCUT2D eigenvalue weighted by Gasteiger charge is 2.09. The molecule has 0 aromatic heterocycles. The van der Waals surface area contributed by atoms with Gasteiger partial charge < -0.3 is 10.2 Å². The van der Waals surface area contributed by atoms with Crippen molar-refractivity contribution in [3.63, 3.8) is 0 Å². The summed E-state index contributed by atoms with van der Waals surface area (Å²) in [5, 5.41) is 4.66. The van der Waals surface area contributed by atoms with Crippen molar-refractivity contribution in [2.24, 2.45) is 0 Å². The quantitative estimate of drug-likeness (QED) is 0.794. The first-order valence-corrected chi connectivity index (χ1v) is 7.63. The fourth-order valence-electron chi connectivity index (χ4n) is 2.30. The number of anilines is 2. The number of hydrogen-bond acceptors (Lipinski definition) is 2. The van der Waals surface area contributed by atoms with E-state index in [4.69, 9.17) is 23.2 Å². The summed E-state index contributed by atoms with van der Waals surface area (Å²) in [7, 11) is 4.10. The van der Waals surface area contributed by atoms with E-state index in [9.17, 15) is 0 Å². The summed E-state index contributed by atoms with van der Waals surface area (Å²) in [6.07, 6.45) is 0. The molecule has 4 heteroatoms. The average Bonchev–Trinajstić information content (AvgIpc) is 2.43. The van der Waals surface area contributed by atoms with Crippen LogP contribution in [0.5, 0.6) is 0 Å². The summed E-state index contributed by atoms with van der Waals surface area (Å²) in [5.74, 6) is 0. The summed E-state index contributed by atoms with van der Waals surface area (Å²) >= 11 is 12.0. The van der Waals surface area contributed by atoms with E-state index >= 15 is 0 Å². The van der Waals surface area contributed by atoms with Gasteiger partial charge in [0.25, 0.3) is 0 Å². The van der Waals surface area contributed by atoms with Gasteiger partial charge in [0, 0.05) is 31.5 Å². The van der Waals surface area contributed by atoms with Crippen LogP contribution in [-0.2, 0) is 0 Å². The van der Waals surface area contributed by atoms with Crippen molar-refractivity contribution in [2.45, 2.75) is 19.9 Å². The minimum Gasteiger partial charge on any atom is -0.378 e. The lowest BCUT2D eigenvalue weighted by molar-refractivity contribution is 0.884. The molecule has 0 aliphatic rings. The molecule has 2 aromatic carbocycles. The predicted octanol–water partition coefficient (Wildman–Crippen LogP) is 5.54. The first-order chi connectivity index (χ1) is 9.88. The third-order valence-corrected chi connectivity index (χ3v) is 4.26. The molecule has 2 rings (SSSR count). The second-order valence-electron chi connectivity index (χ2n) is 5.44. The minimum atomic E-state index is 0.150. The van der Waals surface area contributed by atoms with Gasteiger partial charge in [-0.1, -0.05) is 35.3 Å². The minimum absolute atomic E-state index is 0.150. The average molecular weight is 323 g/mol. The summed E-state index contributed by atoms with van der Waals surface area (Å²) < 4.78 is 0. The van der Waals surface area contributed by atoms with Crippen molar-refractivity contribution in [2.75, 3.05) is 24.3 Å². The molecule has 2 aromatic rings. The Bertz CT molecular complexity index is 639. The first-order valence-electron chi connectivity index (χ1n) is 6.88. The van der Waals surface area contributed by atoms with Crippen molar-refractivity contribution in [3.8, 4) is 0 Å². The molecular weight excluding hydrogens is 303 g/mol. The highest BCUT2D eigenvalue weighted by atomic mass is 35.5. The van der Waals surface area contributed by atoms with Crippen LogP contribution < -0.4 is 10.2 Å². The molecule has 0 saturated carbocycles. The third-order valence-electron chi connectivity index (χ3n) is 3.52. The van der Waals surface area contributed by atoms with Gasteiger partial charge in [0.05, 0.1) is 10.0 Å². The SMILES string of the molecule is Cc1ccc(NC(C)c2ccc(Cl)c(Cl)c2)cc1N(C)C. The van der Waals surface area contributed by atoms with Gasteiger partial charge in [-0.25, -0.2) is 0 Å². The molecule has 2 nitrogen and oxygen atoms in total. The Balaban J connectivity index is 2.21. The van der Waals surface area contributed by atoms with Crippen molar-refractivity contribution < 1.29 is 0 Å². The smallest absolute Gasteiger partial charge is 0.0595 e. The maximum absolute atomic E-state index is 6.08. The Morgan fingerprint density at radius 2 is 1.71 bits per heavy atom. The number of rotatable bonds is 4. The lowest BCUT2D eigenvalue weighted by Crippen LogP contribution is -2.12. The van der Waals surface area contributed by atoms with Crippen LogP contribution >= 0.6 is 23.2 Å². The van der Waals surface area contributed by atoms with Gasteiger partial charge >= 0.3 is 0 Å². The van der Waals surface area contributed by atoms with Gasteiger partial charge in [-0.3, -0.25) is 0 Å². The number of halogens is 2. The Hall–Kier alpha value is -1.38. The van der Waals surface area contributed by atoms with E-state index in [2.05, 4.69) is 56.4 Å². The number of aryl methyl sites for hydroxylation is 1. The number of nitrogens with one attached hydrogen (secondary N) is 1. The van der Waals surface area contributed by atoms with Crippen molar-refractivity contribution >= 4 is 34.6 Å². The van der Waals surface area contributed by atoms with Crippen LogP contribution in [0.25, 0.3) is 0 Å². The van der Waals surface area contributed by atoms with Crippen LogP contribution in [0.4, 0.5) is 11.4 Å². The predicted molar refractivity (Wildman–Crippen MR) is 94.0 cm³/mol. The van der Waals surface area contributed by atoms with Crippen LogP contribution in [0.1, 0.15) is 24.1 Å². The molecule has 0 saturated heterocycles. The van der Waals surface area contributed by atoms with Crippen LogP contribution in [0, 0.1) is 6.92 Å². The molecule has 0 amide bonds. The molecule has 0 heterocycles. The summed E-state index contributed by atoms with van der Waals surface area (Å²) in [6, 6.07) is 12.3. The number of benzene rings is 2. The maximum Gasteiger partial charge on any atom is 0.0595 e. The first kappa shape index (κ1) is 16.0. The van der Waals surface area contributed by atoms with Gasteiger partial charge in [0.15, 0.2) is 0 Å². The second kappa shape index (κ2) is 6.59. The molecule has 1 unspecified atom stereocenters. The molecule has 1 N–H and O–H groups in total. The molecule has 0 spiro atoms. The Labute approximate surface area is 136 Å². The highest BCUT2D eigenvalue weighted by molar-refractivity contribution is 6.42. The van der Waals surface area contributed by atoms with Crippen LogP contribution in [0.3, 0.4) is 0 Å². The van der Waals surface area contributed by atoms with Gasteiger partial charge in [0.2, 0.25) is 0 Å². The summed E-state index contributed by atoms with van der Waals surface area (Å²) in [6.45, 7) is 4.22. The van der Waals surface area contributed by atoms with Crippen molar-refractivity contribution in [3.05, 3.63) is 57.6 Å². The number of nitrogens with zero attached hydrogens (tertiary/aromatic N) is 1. The molecule has 0 fully saturated rings. The van der Waals surface area contributed by atoms with E-state index in [0.717, 1.165) is 11.3 Å². The van der Waals surface area contributed by atoms with Gasteiger partial charge in [-0.05, 0) is 49.2 Å². The van der Waals surface area contributed by atoms with E-state index < -0.39 is 0 Å². The second-order valence-corrected chi connectivity index (χ2v) is 6.25. The Morgan fingerprint density at radius 3 is 2.33 bits per heavy atom. The Kier molecular flexibility index (Phi) is 5.02. The monoisotopic (exact) mass is 322 g/mol. The molecule has 0 aliphatic heterocycles. The summed E-state index contributed by atoms with van der Waals surface area (Å²) in [4.78, 5) is 2.12. The fourth-order valence-corrected chi connectivity index (χ4v) is 2.60. The lowest BCUT2D eigenvalue weighted by atomic mass is 10.1. The molecule has 0 aliphatic carbocycles. The highest BCUT2D eigenvalue weighted by Crippen LogP contribution is 2.29. The zero-order chi connectivity index (χ0) is 15.6. The molecular formula is C17H20Cl2N2. The molecule has 0 radical (unpaired) electrons. The topological polar surface area (TPSA) is 15.3 Å². The van der Waals surface area contributed by atoms with Crippen LogP contribution in [0.15, 0.2) is 36.4 Å². The van der Waals surface area contributed by atoms with Gasteiger partial charge in [0.1, 0.15) is 0 Å². The summed E-state index contributed by atoms with van der Waals surface area (Å²) in [5.41, 5.74) is 4.66. The number of hydrogen-bond donors (Lipinski definition) is 1. The molecule has 112 valence electrons. The third kappa shape index (κ3) is 3.84. The standard InChI is InChI=1S/C17H20Cl2N2/c1-11-5-7-14(10-17(11)21(3)4)20-12(2)13-6-8-15(18)16(19)9-13/h5-10,12,20H,1-4H3. The van der Waals surface area contributed by atoms with Crippen LogP contribution in [0.2, 0.25) is 10.0 Å². The normalized spacial score (nSPS) is 12.1. The fraction of sp³-hybridized carbons (Fsp3) is 0.294. The van der Waals surface area contributed by atoms with Gasteiger partial charge in [-0.2, -0.15) is 0 Å². The van der Waals surface area contributed by atoms with E-state index in [-0.39, 0.29) is 6.04 Å². The van der Waals surface area contributed by atoms with E-state index in [0.29, 0.717) is 10.0 Å². The lowest BCUT2D eigenvalue weighted by Gasteiger charge is -2.20. The molecule has 1 atom stereocenters. The van der Waals surface area contributed by atoms with Crippen molar-refractivity contribution in [1.82, 2.24) is 0 Å². The maximum atomic E-state index is 6.08. The Morgan fingerprint density at radius 1 is 1.00 bits per heavy atom. The molecule has 21 heavy (non-hydrogen) atoms. The van der Waals surface area contributed by atoms with Crippen molar-refractivity contribution in [1.29, 1.82) is 0 Å². The van der Waals surface area contributed by atoms with Gasteiger partial charge in [-0.15, -0.1) is 0 Å². The van der Waals surface area contributed by atoms with E-state index in [1.54, 1.807) is 0 Å². The van der Waals surface area contributed by atoms with Crippen LogP contribution in [-0.4, -0.2) is 14.1 Å². The van der Waals surface area contributed by atoms with E-state index in [1.165, 1.54) is 11.3 Å². The molecule has 0 bridgehead atoms. The zero-order valence-corrected chi connectivity index (χ0v) is 14.3. The largest absolute Gasteiger partial charge is 0.378 e. The van der Waals surface area contributed by atoms with E-state index in [1.807, 2.05) is 18.2 Å². The zero-order valence-electron chi connectivity index (χ0n) is 12.7.